The summed E-state index contributed by atoms with van der Waals surface area (Å²) in [5.74, 6) is -2.11. The predicted octanol–water partition coefficient (Wildman–Crippen LogP) is -2.89. The third-order valence-electron chi connectivity index (χ3n) is 2.49. The Morgan fingerprint density at radius 2 is 1.90 bits per heavy atom. The van der Waals surface area contributed by atoms with Crippen molar-refractivity contribution in [3.05, 3.63) is 35.4 Å². The van der Waals surface area contributed by atoms with Gasteiger partial charge in [0.15, 0.2) is 5.78 Å². The number of hydrogen-bond acceptors (Lipinski definition) is 4. The van der Waals surface area contributed by atoms with Gasteiger partial charge in [-0.15, -0.1) is 0 Å². The van der Waals surface area contributed by atoms with Gasteiger partial charge in [-0.3, -0.25) is 14.4 Å². The molecular formula is C13H16NNaO5. The second kappa shape index (κ2) is 8.86. The maximum absolute atomic E-state index is 11.8. The zero-order valence-corrected chi connectivity index (χ0v) is 13.4. The van der Waals surface area contributed by atoms with Gasteiger partial charge >= 0.3 is 35.5 Å². The van der Waals surface area contributed by atoms with Gasteiger partial charge in [0.25, 0.3) is 5.91 Å². The summed E-state index contributed by atoms with van der Waals surface area (Å²) < 4.78 is 0. The van der Waals surface area contributed by atoms with Crippen LogP contribution in [0.25, 0.3) is 0 Å². The van der Waals surface area contributed by atoms with Gasteiger partial charge < -0.3 is 17.0 Å². The number of nitrogens with one attached hydrogen (secondary N) is 1. The molecule has 1 rings (SSSR count). The van der Waals surface area contributed by atoms with E-state index in [2.05, 4.69) is 5.32 Å². The topological polar surface area (TPSA) is 104 Å². The molecule has 0 spiro atoms. The van der Waals surface area contributed by atoms with E-state index in [0.717, 1.165) is 0 Å². The van der Waals surface area contributed by atoms with Crippen molar-refractivity contribution in [2.75, 3.05) is 6.54 Å². The van der Waals surface area contributed by atoms with Gasteiger partial charge in [-0.05, 0) is 18.6 Å². The SMILES string of the molecule is CC(O)C(=O)Cc1ccccc1C(=O)NCC(=O)O.[H-].[Na+]. The van der Waals surface area contributed by atoms with Crippen molar-refractivity contribution >= 4 is 17.7 Å². The first kappa shape index (κ1) is 18.8. The van der Waals surface area contributed by atoms with Crippen molar-refractivity contribution < 1.29 is 55.6 Å². The minimum Gasteiger partial charge on any atom is -1.00 e. The molecule has 0 fully saturated rings. The standard InChI is InChI=1S/C13H15NO5.Na.H/c1-8(15)11(16)6-9-4-2-3-5-10(9)13(19)14-7-12(17)18;;/h2-5,8,15H,6-7H2,1H3,(H,14,19)(H,17,18);;/q;+1;-1. The van der Waals surface area contributed by atoms with E-state index < -0.39 is 30.3 Å². The van der Waals surface area contributed by atoms with Crippen molar-refractivity contribution in [2.24, 2.45) is 0 Å². The molecule has 1 aromatic rings. The maximum Gasteiger partial charge on any atom is 1.00 e. The van der Waals surface area contributed by atoms with Crippen molar-refractivity contribution in [2.45, 2.75) is 19.4 Å². The average Bonchev–Trinajstić information content (AvgIpc) is 2.36. The van der Waals surface area contributed by atoms with Crippen LogP contribution in [0.5, 0.6) is 0 Å². The number of amides is 1. The molecule has 0 bridgehead atoms. The molecule has 0 aliphatic rings. The molecule has 0 saturated heterocycles. The van der Waals surface area contributed by atoms with E-state index in [1.54, 1.807) is 18.2 Å². The van der Waals surface area contributed by atoms with Crippen LogP contribution < -0.4 is 34.9 Å². The smallest absolute Gasteiger partial charge is 1.00 e. The molecule has 1 amide bonds. The Morgan fingerprint density at radius 3 is 2.45 bits per heavy atom. The molecule has 0 aromatic heterocycles. The molecule has 0 saturated carbocycles. The molecule has 6 nitrogen and oxygen atoms in total. The Kier molecular flexibility index (Phi) is 8.33. The first-order valence-electron chi connectivity index (χ1n) is 5.70. The Balaban J connectivity index is 0. The summed E-state index contributed by atoms with van der Waals surface area (Å²) in [7, 11) is 0. The number of aliphatic carboxylic acids is 1. The zero-order valence-electron chi connectivity index (χ0n) is 12.4. The van der Waals surface area contributed by atoms with Crippen LogP contribution >= 0.6 is 0 Å². The van der Waals surface area contributed by atoms with Gasteiger partial charge in [0.05, 0.1) is 0 Å². The van der Waals surface area contributed by atoms with Gasteiger partial charge in [-0.2, -0.15) is 0 Å². The van der Waals surface area contributed by atoms with Gasteiger partial charge in [0.2, 0.25) is 0 Å². The van der Waals surface area contributed by atoms with Crippen molar-refractivity contribution in [3.63, 3.8) is 0 Å². The number of carbonyl (C=O) groups excluding carboxylic acids is 2. The van der Waals surface area contributed by atoms with Crippen LogP contribution in [0.1, 0.15) is 24.3 Å². The summed E-state index contributed by atoms with van der Waals surface area (Å²) in [6.45, 7) is 0.868. The Labute approximate surface area is 140 Å². The largest absolute Gasteiger partial charge is 1.00 e. The van der Waals surface area contributed by atoms with E-state index in [-0.39, 0.29) is 43.0 Å². The van der Waals surface area contributed by atoms with Crippen molar-refractivity contribution in [3.8, 4) is 0 Å². The number of aliphatic hydroxyl groups is 1. The number of aliphatic hydroxyl groups excluding tert-OH is 1. The number of rotatable bonds is 6. The minimum atomic E-state index is -1.15. The third-order valence-corrected chi connectivity index (χ3v) is 2.49. The molecule has 1 atom stereocenters. The number of carboxylic acid groups (broad SMARTS) is 1. The second-order valence-electron chi connectivity index (χ2n) is 4.05. The van der Waals surface area contributed by atoms with Crippen LogP contribution in [0.3, 0.4) is 0 Å². The van der Waals surface area contributed by atoms with Crippen LogP contribution in [0.2, 0.25) is 0 Å². The average molecular weight is 289 g/mol. The van der Waals surface area contributed by atoms with Crippen LogP contribution in [-0.4, -0.2) is 40.5 Å². The number of Topliss-reactive ketones (excluding diaryl/α,β-unsaturated/α-hetero) is 1. The first-order chi connectivity index (χ1) is 8.91. The van der Waals surface area contributed by atoms with Gasteiger partial charge in [0.1, 0.15) is 12.6 Å². The van der Waals surface area contributed by atoms with Gasteiger partial charge in [-0.25, -0.2) is 0 Å². The number of carboxylic acids is 1. The summed E-state index contributed by atoms with van der Waals surface area (Å²) in [6.07, 6.45) is -1.18. The summed E-state index contributed by atoms with van der Waals surface area (Å²) in [4.78, 5) is 33.6. The van der Waals surface area contributed by atoms with E-state index in [4.69, 9.17) is 10.2 Å². The first-order valence-corrected chi connectivity index (χ1v) is 5.70. The van der Waals surface area contributed by atoms with E-state index in [1.165, 1.54) is 13.0 Å². The molecule has 1 aromatic carbocycles. The summed E-state index contributed by atoms with van der Waals surface area (Å²) in [5.41, 5.74) is 0.689. The molecule has 0 heterocycles. The Morgan fingerprint density at radius 1 is 1.30 bits per heavy atom. The fourth-order valence-electron chi connectivity index (χ4n) is 1.48. The number of hydrogen-bond donors (Lipinski definition) is 3. The normalized spacial score (nSPS) is 11.1. The molecule has 3 N–H and O–H groups in total. The van der Waals surface area contributed by atoms with E-state index in [0.29, 0.717) is 5.56 Å². The fraction of sp³-hybridized carbons (Fsp3) is 0.308. The predicted molar refractivity (Wildman–Crippen MR) is 67.9 cm³/mol. The molecule has 20 heavy (non-hydrogen) atoms. The Bertz CT molecular complexity index is 507. The van der Waals surface area contributed by atoms with Gasteiger partial charge in [0, 0.05) is 12.0 Å². The quantitative estimate of drug-likeness (QED) is 0.488. The van der Waals surface area contributed by atoms with Crippen LogP contribution in [0.15, 0.2) is 24.3 Å². The molecule has 0 aliphatic carbocycles. The van der Waals surface area contributed by atoms with E-state index in [9.17, 15) is 14.4 Å². The molecule has 7 heteroatoms. The number of ketones is 1. The number of carbonyl (C=O) groups is 3. The minimum absolute atomic E-state index is 0. The molecular weight excluding hydrogens is 273 g/mol. The van der Waals surface area contributed by atoms with Gasteiger partial charge in [-0.1, -0.05) is 18.2 Å². The van der Waals surface area contributed by atoms with Crippen LogP contribution in [0.4, 0.5) is 0 Å². The molecule has 0 radical (unpaired) electrons. The molecule has 1 unspecified atom stereocenters. The Hall–Kier alpha value is -1.21. The van der Waals surface area contributed by atoms with Crippen LogP contribution in [0, 0.1) is 0 Å². The zero-order chi connectivity index (χ0) is 14.4. The molecule has 104 valence electrons. The summed E-state index contributed by atoms with van der Waals surface area (Å²) in [6, 6.07) is 6.38. The second-order valence-corrected chi connectivity index (χ2v) is 4.05. The van der Waals surface area contributed by atoms with Crippen LogP contribution in [-0.2, 0) is 16.0 Å². The maximum atomic E-state index is 11.8. The summed E-state index contributed by atoms with van der Waals surface area (Å²) in [5, 5.41) is 19.9. The van der Waals surface area contributed by atoms with E-state index >= 15 is 0 Å². The molecule has 0 aliphatic heterocycles. The van der Waals surface area contributed by atoms with Crippen molar-refractivity contribution in [1.82, 2.24) is 5.32 Å². The third kappa shape index (κ3) is 5.83. The van der Waals surface area contributed by atoms with Crippen molar-refractivity contribution in [1.29, 1.82) is 0 Å². The summed E-state index contributed by atoms with van der Waals surface area (Å²) >= 11 is 0. The number of benzene rings is 1. The monoisotopic (exact) mass is 289 g/mol. The fourth-order valence-corrected chi connectivity index (χ4v) is 1.48. The van der Waals surface area contributed by atoms with E-state index in [1.807, 2.05) is 0 Å².